The van der Waals surface area contributed by atoms with Crippen molar-refractivity contribution in [1.29, 1.82) is 0 Å². The molecule has 0 radical (unpaired) electrons. The highest BCUT2D eigenvalue weighted by molar-refractivity contribution is 8.00. The number of nitrogens with zero attached hydrogens (tertiary/aromatic N) is 1. The number of carboxylic acids is 1. The van der Waals surface area contributed by atoms with Crippen LogP contribution >= 0.6 is 11.8 Å². The zero-order chi connectivity index (χ0) is 17.6. The van der Waals surface area contributed by atoms with Crippen LogP contribution in [0.15, 0.2) is 4.90 Å². The topological polar surface area (TPSA) is 138 Å². The summed E-state index contributed by atoms with van der Waals surface area (Å²) in [4.78, 5) is 23.0. The summed E-state index contributed by atoms with van der Waals surface area (Å²) >= 11 is 1.30. The van der Waals surface area contributed by atoms with Gasteiger partial charge in [-0.05, 0) is 13.3 Å². The van der Waals surface area contributed by atoms with Gasteiger partial charge in [-0.3, -0.25) is 4.79 Å². The lowest BCUT2D eigenvalue weighted by atomic mass is 9.93. The molecular formula is C15H21N3O5S. The molecule has 1 aromatic rings. The summed E-state index contributed by atoms with van der Waals surface area (Å²) in [5.41, 5.74) is 5.77. The van der Waals surface area contributed by atoms with E-state index < -0.39 is 12.1 Å². The second-order valence-electron chi connectivity index (χ2n) is 6.43. The first-order valence-electron chi connectivity index (χ1n) is 7.84. The highest BCUT2D eigenvalue weighted by Crippen LogP contribution is 2.49. The maximum Gasteiger partial charge on any atom is 0.353 e. The van der Waals surface area contributed by atoms with E-state index >= 15 is 0 Å². The zero-order valence-corrected chi connectivity index (χ0v) is 14.0. The van der Waals surface area contributed by atoms with Gasteiger partial charge in [-0.15, -0.1) is 11.8 Å². The van der Waals surface area contributed by atoms with Crippen LogP contribution in [-0.4, -0.2) is 55.7 Å². The first-order chi connectivity index (χ1) is 11.3. The Labute approximate surface area is 143 Å². The predicted octanol–water partition coefficient (Wildman–Crippen LogP) is 0.0679. The summed E-state index contributed by atoms with van der Waals surface area (Å²) in [7, 11) is 0. The Morgan fingerprint density at radius 1 is 1.50 bits per heavy atom. The molecule has 6 N–H and O–H groups in total. The molecule has 1 fully saturated rings. The fourth-order valence-electron chi connectivity index (χ4n) is 3.48. The Bertz CT molecular complexity index is 687. The minimum atomic E-state index is -1.09. The highest BCUT2D eigenvalue weighted by atomic mass is 32.2. The molecule has 3 rings (SSSR count). The summed E-state index contributed by atoms with van der Waals surface area (Å²) in [5, 5.41) is 33.0. The minimum Gasteiger partial charge on any atom is -0.505 e. The van der Waals surface area contributed by atoms with Crippen molar-refractivity contribution in [3.05, 3.63) is 11.4 Å². The summed E-state index contributed by atoms with van der Waals surface area (Å²) in [6.45, 7) is 2.63. The fourth-order valence-corrected chi connectivity index (χ4v) is 4.84. The van der Waals surface area contributed by atoms with Crippen LogP contribution in [0.25, 0.3) is 0 Å². The third kappa shape index (κ3) is 2.87. The van der Waals surface area contributed by atoms with Crippen LogP contribution in [0.2, 0.25) is 0 Å². The van der Waals surface area contributed by atoms with Crippen molar-refractivity contribution in [2.75, 3.05) is 6.54 Å². The monoisotopic (exact) mass is 355 g/mol. The van der Waals surface area contributed by atoms with Crippen LogP contribution in [0.4, 0.5) is 0 Å². The van der Waals surface area contributed by atoms with E-state index in [1.807, 2.05) is 0 Å². The van der Waals surface area contributed by atoms with Crippen LogP contribution in [-0.2, 0) is 11.3 Å². The van der Waals surface area contributed by atoms with Crippen molar-refractivity contribution in [2.24, 2.45) is 5.73 Å². The molecule has 1 amide bonds. The second-order valence-corrected chi connectivity index (χ2v) is 7.74. The molecule has 0 spiro atoms. The summed E-state index contributed by atoms with van der Waals surface area (Å²) < 4.78 is 1.56. The fraction of sp³-hybridized carbons (Fsp3) is 0.600. The van der Waals surface area contributed by atoms with Crippen LogP contribution in [0.1, 0.15) is 41.9 Å². The van der Waals surface area contributed by atoms with E-state index in [-0.39, 0.29) is 41.0 Å². The molecule has 24 heavy (non-hydrogen) atoms. The van der Waals surface area contributed by atoms with Gasteiger partial charge >= 0.3 is 5.97 Å². The van der Waals surface area contributed by atoms with Gasteiger partial charge in [0.2, 0.25) is 5.91 Å². The highest BCUT2D eigenvalue weighted by Gasteiger charge is 2.41. The van der Waals surface area contributed by atoms with E-state index in [9.17, 15) is 24.9 Å². The number of aromatic carboxylic acids is 1. The van der Waals surface area contributed by atoms with Gasteiger partial charge in [0.05, 0.1) is 16.7 Å². The number of aliphatic hydroxyl groups is 1. The van der Waals surface area contributed by atoms with Gasteiger partial charge < -0.3 is 30.9 Å². The van der Waals surface area contributed by atoms with Crippen LogP contribution in [0, 0.1) is 0 Å². The number of aromatic hydroxyl groups is 1. The number of rotatable bonds is 6. The molecule has 1 unspecified atom stereocenters. The van der Waals surface area contributed by atoms with Gasteiger partial charge in [-0.1, -0.05) is 0 Å². The Kier molecular flexibility index (Phi) is 4.50. The first kappa shape index (κ1) is 17.1. The quantitative estimate of drug-likeness (QED) is 0.487. The molecule has 1 aromatic heterocycles. The average Bonchev–Trinajstić information content (AvgIpc) is 2.93. The van der Waals surface area contributed by atoms with Crippen LogP contribution < -0.4 is 11.1 Å². The van der Waals surface area contributed by atoms with E-state index in [4.69, 9.17) is 5.73 Å². The molecule has 9 heteroatoms. The van der Waals surface area contributed by atoms with Crippen LogP contribution in [0.5, 0.6) is 5.75 Å². The molecule has 4 atom stereocenters. The van der Waals surface area contributed by atoms with Crippen molar-refractivity contribution in [3.8, 4) is 5.75 Å². The number of hydrogen-bond donors (Lipinski definition) is 5. The summed E-state index contributed by atoms with van der Waals surface area (Å²) in [6.07, 6.45) is 0.267. The van der Waals surface area contributed by atoms with E-state index in [2.05, 4.69) is 5.32 Å². The number of carbonyl (C=O) groups is 2. The maximum atomic E-state index is 11.6. The molecule has 2 aliphatic heterocycles. The standard InChI is InChI=1S/C15H21N3O5S/c1-6(19)9-5-18-11(9)13(21)14(12(18)15(22)23)24-8-2-7(17-4-8)3-10(16)20/h6-9,17,19,21H,2-5H2,1H3,(H2,16,20)(H,22,23)/t6?,7-,8-,9+/m0/s1. The number of carboxylic acid groups (broad SMARTS) is 1. The molecule has 0 saturated carbocycles. The number of fused-ring (bicyclic) bond motifs is 1. The number of carbonyl (C=O) groups excluding carboxylic acids is 1. The number of primary amides is 1. The van der Waals surface area contributed by atoms with Gasteiger partial charge in [0.25, 0.3) is 0 Å². The van der Waals surface area contributed by atoms with Crippen molar-refractivity contribution in [1.82, 2.24) is 9.88 Å². The summed E-state index contributed by atoms with van der Waals surface area (Å²) in [5.74, 6) is -1.77. The Balaban J connectivity index is 1.82. The predicted molar refractivity (Wildman–Crippen MR) is 87.3 cm³/mol. The normalized spacial score (nSPS) is 26.7. The molecule has 3 heterocycles. The largest absolute Gasteiger partial charge is 0.505 e. The molecule has 8 nitrogen and oxygen atoms in total. The number of nitrogens with two attached hydrogens (primary N) is 1. The number of aromatic nitrogens is 1. The van der Waals surface area contributed by atoms with Gasteiger partial charge in [-0.2, -0.15) is 0 Å². The molecule has 132 valence electrons. The van der Waals surface area contributed by atoms with Crippen molar-refractivity contribution in [3.63, 3.8) is 0 Å². The minimum absolute atomic E-state index is 0.0210. The Hall–Kier alpha value is -1.71. The number of nitrogens with one attached hydrogen (secondary N) is 1. The average molecular weight is 355 g/mol. The molecule has 0 bridgehead atoms. The molecular weight excluding hydrogens is 334 g/mol. The number of amides is 1. The third-order valence-electron chi connectivity index (χ3n) is 4.66. The maximum absolute atomic E-state index is 11.6. The molecule has 1 saturated heterocycles. The second kappa shape index (κ2) is 6.30. The van der Waals surface area contributed by atoms with E-state index in [0.717, 1.165) is 0 Å². The van der Waals surface area contributed by atoms with E-state index in [0.29, 0.717) is 30.1 Å². The Morgan fingerprint density at radius 2 is 2.21 bits per heavy atom. The lowest BCUT2D eigenvalue weighted by molar-refractivity contribution is -0.118. The van der Waals surface area contributed by atoms with Crippen molar-refractivity contribution < 1.29 is 24.9 Å². The number of hydrogen-bond acceptors (Lipinski definition) is 6. The molecule has 0 aliphatic carbocycles. The Morgan fingerprint density at radius 3 is 2.79 bits per heavy atom. The van der Waals surface area contributed by atoms with Crippen LogP contribution in [0.3, 0.4) is 0 Å². The van der Waals surface area contributed by atoms with Gasteiger partial charge in [0.1, 0.15) is 5.69 Å². The first-order valence-corrected chi connectivity index (χ1v) is 8.72. The van der Waals surface area contributed by atoms with E-state index in [1.54, 1.807) is 11.5 Å². The smallest absolute Gasteiger partial charge is 0.353 e. The number of aliphatic hydroxyl groups excluding tert-OH is 1. The summed E-state index contributed by atoms with van der Waals surface area (Å²) in [6, 6.07) is -0.0210. The number of thioether (sulfide) groups is 1. The van der Waals surface area contributed by atoms with E-state index in [1.165, 1.54) is 11.8 Å². The third-order valence-corrected chi connectivity index (χ3v) is 5.98. The van der Waals surface area contributed by atoms with Gasteiger partial charge in [0, 0.05) is 36.7 Å². The molecule has 2 aliphatic rings. The van der Waals surface area contributed by atoms with Crippen molar-refractivity contribution in [2.45, 2.75) is 54.5 Å². The lowest BCUT2D eigenvalue weighted by Gasteiger charge is -2.32. The van der Waals surface area contributed by atoms with Gasteiger partial charge in [0.15, 0.2) is 5.75 Å². The van der Waals surface area contributed by atoms with Gasteiger partial charge in [-0.25, -0.2) is 4.79 Å². The zero-order valence-electron chi connectivity index (χ0n) is 13.2. The SMILES string of the molecule is CC(O)[C@H]1Cn2c(C(=O)O)c(S[C@@H]3CN[C@H](CC(N)=O)C3)c(O)c21. The van der Waals surface area contributed by atoms with Crippen molar-refractivity contribution >= 4 is 23.6 Å². The lowest BCUT2D eigenvalue weighted by Crippen LogP contribution is -2.33. The molecule has 0 aromatic carbocycles.